The van der Waals surface area contributed by atoms with Gasteiger partial charge in [-0.15, -0.1) is 0 Å². The van der Waals surface area contributed by atoms with Crippen LogP contribution >= 0.6 is 11.3 Å². The number of nitrogens with zero attached hydrogens (tertiary/aromatic N) is 1. The predicted molar refractivity (Wildman–Crippen MR) is 89.4 cm³/mol. The van der Waals surface area contributed by atoms with E-state index in [0.29, 0.717) is 0 Å². The normalized spacial score (nSPS) is 16.0. The first-order valence-electron chi connectivity index (χ1n) is 8.05. The van der Waals surface area contributed by atoms with E-state index in [1.54, 1.807) is 0 Å². The molecule has 1 aliphatic carbocycles. The lowest BCUT2D eigenvalue weighted by molar-refractivity contribution is 0.248. The molecule has 1 aromatic rings. The Morgan fingerprint density at radius 2 is 2.05 bits per heavy atom. The van der Waals surface area contributed by atoms with Gasteiger partial charge in [0.25, 0.3) is 0 Å². The highest BCUT2D eigenvalue weighted by molar-refractivity contribution is 7.07. The minimum Gasteiger partial charge on any atom is -0.312 e. The molecule has 1 aliphatic rings. The van der Waals surface area contributed by atoms with Crippen molar-refractivity contribution in [1.29, 1.82) is 0 Å². The molecule has 0 aliphatic heterocycles. The van der Waals surface area contributed by atoms with Crippen molar-refractivity contribution in [3.8, 4) is 0 Å². The SMILES string of the molecule is CC(C)(C)NCCCCCN(Cc1ccsc1)C1CC1. The topological polar surface area (TPSA) is 15.3 Å². The Labute approximate surface area is 128 Å². The zero-order chi connectivity index (χ0) is 14.4. The standard InChI is InChI=1S/C17H30N2S/c1-17(2,3)18-10-5-4-6-11-19(16-7-8-16)13-15-9-12-20-14-15/h9,12,14,16,18H,4-8,10-11,13H2,1-3H3. The van der Waals surface area contributed by atoms with Crippen LogP contribution in [0.25, 0.3) is 0 Å². The van der Waals surface area contributed by atoms with Gasteiger partial charge in [0, 0.05) is 18.1 Å². The maximum absolute atomic E-state index is 3.57. The number of thiophene rings is 1. The zero-order valence-electron chi connectivity index (χ0n) is 13.3. The fourth-order valence-electron chi connectivity index (χ4n) is 2.53. The maximum Gasteiger partial charge on any atom is 0.0244 e. The number of nitrogens with one attached hydrogen (secondary N) is 1. The Morgan fingerprint density at radius 1 is 1.25 bits per heavy atom. The molecule has 3 heteroatoms. The van der Waals surface area contributed by atoms with Crippen molar-refractivity contribution in [3.63, 3.8) is 0 Å². The molecule has 1 fully saturated rings. The molecular weight excluding hydrogens is 264 g/mol. The number of unbranched alkanes of at least 4 members (excludes halogenated alkanes) is 2. The molecule has 2 rings (SSSR count). The Morgan fingerprint density at radius 3 is 2.65 bits per heavy atom. The van der Waals surface area contributed by atoms with Crippen molar-refractivity contribution in [3.05, 3.63) is 22.4 Å². The van der Waals surface area contributed by atoms with E-state index in [0.717, 1.165) is 19.1 Å². The number of rotatable bonds is 9. The maximum atomic E-state index is 3.57. The lowest BCUT2D eigenvalue weighted by Crippen LogP contribution is -2.36. The van der Waals surface area contributed by atoms with Crippen LogP contribution in [0.1, 0.15) is 58.4 Å². The van der Waals surface area contributed by atoms with Crippen LogP contribution in [0.3, 0.4) is 0 Å². The summed E-state index contributed by atoms with van der Waals surface area (Å²) >= 11 is 1.82. The minimum atomic E-state index is 0.263. The van der Waals surface area contributed by atoms with Gasteiger partial charge in [0.2, 0.25) is 0 Å². The molecule has 1 saturated carbocycles. The fourth-order valence-corrected chi connectivity index (χ4v) is 3.19. The van der Waals surface area contributed by atoms with E-state index in [2.05, 4.69) is 47.8 Å². The molecule has 1 aromatic heterocycles. The molecule has 0 atom stereocenters. The van der Waals surface area contributed by atoms with Gasteiger partial charge in [-0.3, -0.25) is 4.90 Å². The van der Waals surface area contributed by atoms with Gasteiger partial charge in [-0.05, 0) is 81.9 Å². The quantitative estimate of drug-likeness (QED) is 0.684. The van der Waals surface area contributed by atoms with Gasteiger partial charge in [0.1, 0.15) is 0 Å². The Kier molecular flexibility index (Phi) is 6.06. The molecule has 0 spiro atoms. The van der Waals surface area contributed by atoms with E-state index in [4.69, 9.17) is 0 Å². The molecule has 0 amide bonds. The Hall–Kier alpha value is -0.380. The van der Waals surface area contributed by atoms with Crippen molar-refractivity contribution in [2.45, 2.75) is 71.0 Å². The highest BCUT2D eigenvalue weighted by atomic mass is 32.1. The average Bonchev–Trinajstić information content (AvgIpc) is 3.09. The van der Waals surface area contributed by atoms with Crippen LogP contribution in [0.5, 0.6) is 0 Å². The summed E-state index contributed by atoms with van der Waals surface area (Å²) in [6, 6.07) is 3.15. The molecule has 2 nitrogen and oxygen atoms in total. The number of hydrogen-bond donors (Lipinski definition) is 1. The van der Waals surface area contributed by atoms with Gasteiger partial charge in [-0.1, -0.05) is 6.42 Å². The summed E-state index contributed by atoms with van der Waals surface area (Å²) in [6.07, 6.45) is 6.81. The third-order valence-electron chi connectivity index (χ3n) is 3.81. The lowest BCUT2D eigenvalue weighted by atomic mass is 10.1. The third kappa shape index (κ3) is 6.38. The van der Waals surface area contributed by atoms with Crippen LogP contribution < -0.4 is 5.32 Å². The first-order valence-corrected chi connectivity index (χ1v) is 8.99. The smallest absolute Gasteiger partial charge is 0.0244 e. The first kappa shape index (κ1) is 16.0. The summed E-state index contributed by atoms with van der Waals surface area (Å²) in [5.41, 5.74) is 1.76. The monoisotopic (exact) mass is 294 g/mol. The van der Waals surface area contributed by atoms with Crippen LogP contribution in [-0.2, 0) is 6.54 Å². The summed E-state index contributed by atoms with van der Waals surface area (Å²) in [6.45, 7) is 10.3. The molecular formula is C17H30N2S. The van der Waals surface area contributed by atoms with Gasteiger partial charge in [-0.25, -0.2) is 0 Å². The van der Waals surface area contributed by atoms with Crippen molar-refractivity contribution >= 4 is 11.3 Å². The predicted octanol–water partition coefficient (Wildman–Crippen LogP) is 4.27. The minimum absolute atomic E-state index is 0.263. The van der Waals surface area contributed by atoms with Gasteiger partial charge >= 0.3 is 0 Å². The molecule has 0 radical (unpaired) electrons. The van der Waals surface area contributed by atoms with Gasteiger partial charge < -0.3 is 5.32 Å². The summed E-state index contributed by atoms with van der Waals surface area (Å²) in [5, 5.41) is 8.06. The molecule has 1 heterocycles. The molecule has 114 valence electrons. The summed E-state index contributed by atoms with van der Waals surface area (Å²) in [7, 11) is 0. The Balaban J connectivity index is 1.58. The molecule has 20 heavy (non-hydrogen) atoms. The molecule has 0 bridgehead atoms. The second kappa shape index (κ2) is 7.58. The van der Waals surface area contributed by atoms with Gasteiger partial charge in [0.15, 0.2) is 0 Å². The van der Waals surface area contributed by atoms with E-state index in [9.17, 15) is 0 Å². The molecule has 1 N–H and O–H groups in total. The highest BCUT2D eigenvalue weighted by Crippen LogP contribution is 2.29. The largest absolute Gasteiger partial charge is 0.312 e. The van der Waals surface area contributed by atoms with E-state index in [-0.39, 0.29) is 5.54 Å². The molecule has 0 saturated heterocycles. The van der Waals surface area contributed by atoms with Crippen LogP contribution in [0.15, 0.2) is 16.8 Å². The van der Waals surface area contributed by atoms with E-state index in [1.165, 1.54) is 44.2 Å². The van der Waals surface area contributed by atoms with Gasteiger partial charge in [-0.2, -0.15) is 11.3 Å². The second-order valence-electron chi connectivity index (χ2n) is 7.07. The molecule has 0 unspecified atom stereocenters. The summed E-state index contributed by atoms with van der Waals surface area (Å²) in [4.78, 5) is 2.69. The zero-order valence-corrected chi connectivity index (χ0v) is 14.1. The summed E-state index contributed by atoms with van der Waals surface area (Å²) in [5.74, 6) is 0. The van der Waals surface area contributed by atoms with Crippen molar-refractivity contribution in [2.24, 2.45) is 0 Å². The number of hydrogen-bond acceptors (Lipinski definition) is 3. The van der Waals surface area contributed by atoms with E-state index < -0.39 is 0 Å². The van der Waals surface area contributed by atoms with Crippen molar-refractivity contribution < 1.29 is 0 Å². The van der Waals surface area contributed by atoms with Gasteiger partial charge in [0.05, 0.1) is 0 Å². The van der Waals surface area contributed by atoms with Crippen LogP contribution in [0.2, 0.25) is 0 Å². The van der Waals surface area contributed by atoms with E-state index >= 15 is 0 Å². The lowest BCUT2D eigenvalue weighted by Gasteiger charge is -2.22. The second-order valence-corrected chi connectivity index (χ2v) is 7.85. The fraction of sp³-hybridized carbons (Fsp3) is 0.765. The molecule has 0 aromatic carbocycles. The van der Waals surface area contributed by atoms with Crippen LogP contribution in [0, 0.1) is 0 Å². The van der Waals surface area contributed by atoms with Crippen LogP contribution in [-0.4, -0.2) is 29.6 Å². The highest BCUT2D eigenvalue weighted by Gasteiger charge is 2.28. The van der Waals surface area contributed by atoms with Crippen molar-refractivity contribution in [2.75, 3.05) is 13.1 Å². The van der Waals surface area contributed by atoms with Crippen LogP contribution in [0.4, 0.5) is 0 Å². The van der Waals surface area contributed by atoms with Crippen molar-refractivity contribution in [1.82, 2.24) is 10.2 Å². The average molecular weight is 295 g/mol. The third-order valence-corrected chi connectivity index (χ3v) is 4.54. The summed E-state index contributed by atoms with van der Waals surface area (Å²) < 4.78 is 0. The first-order chi connectivity index (χ1) is 9.54. The van der Waals surface area contributed by atoms with E-state index in [1.807, 2.05) is 11.3 Å². The Bertz CT molecular complexity index is 363.